The van der Waals surface area contributed by atoms with E-state index in [-0.39, 0.29) is 17.5 Å². The largest absolute Gasteiger partial charge is 0.369 e. The number of halogens is 1. The summed E-state index contributed by atoms with van der Waals surface area (Å²) in [6, 6.07) is 15.2. The average Bonchev–Trinajstić information content (AvgIpc) is 3.44. The second-order valence-electron chi connectivity index (χ2n) is 11.0. The minimum absolute atomic E-state index is 0.000477. The van der Waals surface area contributed by atoms with Crippen LogP contribution in [0.15, 0.2) is 59.5 Å². The lowest BCUT2D eigenvalue weighted by atomic mass is 10.1. The molecule has 4 heterocycles. The molecular formula is C31H34ClN7O2. The van der Waals surface area contributed by atoms with Gasteiger partial charge in [-0.05, 0) is 56.3 Å². The highest BCUT2D eigenvalue weighted by molar-refractivity contribution is 6.33. The minimum atomic E-state index is -0.204. The molecule has 0 radical (unpaired) electrons. The summed E-state index contributed by atoms with van der Waals surface area (Å²) in [5.41, 5.74) is 4.79. The van der Waals surface area contributed by atoms with Crippen molar-refractivity contribution in [2.45, 2.75) is 26.3 Å². The molecule has 0 bridgehead atoms. The van der Waals surface area contributed by atoms with Crippen molar-refractivity contribution in [3.63, 3.8) is 0 Å². The van der Waals surface area contributed by atoms with Gasteiger partial charge in [-0.2, -0.15) is 4.98 Å². The van der Waals surface area contributed by atoms with Gasteiger partial charge in [0, 0.05) is 85.3 Å². The highest BCUT2D eigenvalue weighted by Gasteiger charge is 2.29. The van der Waals surface area contributed by atoms with E-state index in [1.165, 1.54) is 11.3 Å². The third-order valence-corrected chi connectivity index (χ3v) is 8.54. The third-order valence-electron chi connectivity index (χ3n) is 8.21. The van der Waals surface area contributed by atoms with Crippen molar-refractivity contribution in [2.24, 2.45) is 0 Å². The summed E-state index contributed by atoms with van der Waals surface area (Å²) in [6.45, 7) is 8.85. The Hall–Kier alpha value is -3.95. The van der Waals surface area contributed by atoms with E-state index in [9.17, 15) is 9.59 Å². The van der Waals surface area contributed by atoms with Gasteiger partial charge in [0.15, 0.2) is 0 Å². The maximum Gasteiger partial charge on any atom is 0.260 e. The van der Waals surface area contributed by atoms with Gasteiger partial charge < -0.3 is 20.0 Å². The van der Waals surface area contributed by atoms with Crippen molar-refractivity contribution in [1.82, 2.24) is 24.3 Å². The molecule has 2 aliphatic rings. The SMILES string of the molecule is CC(=O)N1CC[C@H](n2c(=O)c(-c3ccccc3Cl)cc3cnc(Nc4ccc(N5CCN(C)CC5)c(C)c4)nc32)C1. The number of piperazine rings is 1. The molecule has 1 amide bonds. The molecule has 0 spiro atoms. The maximum atomic E-state index is 14.0. The van der Waals surface area contributed by atoms with Crippen LogP contribution >= 0.6 is 11.6 Å². The van der Waals surface area contributed by atoms with Crippen LogP contribution in [-0.2, 0) is 4.79 Å². The zero-order valence-electron chi connectivity index (χ0n) is 23.6. The van der Waals surface area contributed by atoms with Crippen LogP contribution in [0.4, 0.5) is 17.3 Å². The molecule has 6 rings (SSSR count). The topological polar surface area (TPSA) is 86.6 Å². The van der Waals surface area contributed by atoms with E-state index >= 15 is 0 Å². The summed E-state index contributed by atoms with van der Waals surface area (Å²) in [5.74, 6) is 0.406. The van der Waals surface area contributed by atoms with Gasteiger partial charge in [0.25, 0.3) is 5.56 Å². The number of nitrogens with one attached hydrogen (secondary N) is 1. The van der Waals surface area contributed by atoms with E-state index in [1.807, 2.05) is 30.3 Å². The smallest absolute Gasteiger partial charge is 0.260 e. The molecule has 0 aliphatic carbocycles. The molecule has 2 aromatic heterocycles. The Kier molecular flexibility index (Phi) is 7.40. The number of anilines is 3. The van der Waals surface area contributed by atoms with E-state index in [0.29, 0.717) is 47.3 Å². The van der Waals surface area contributed by atoms with Gasteiger partial charge in [-0.15, -0.1) is 0 Å². The number of pyridine rings is 1. The summed E-state index contributed by atoms with van der Waals surface area (Å²) in [5, 5.41) is 4.58. The number of amides is 1. The van der Waals surface area contributed by atoms with E-state index in [2.05, 4.69) is 46.2 Å². The number of fused-ring (bicyclic) bond motifs is 1. The number of nitrogens with zero attached hydrogens (tertiary/aromatic N) is 6. The number of carbonyl (C=O) groups excluding carboxylic acids is 1. The average molecular weight is 572 g/mol. The zero-order chi connectivity index (χ0) is 28.7. The number of likely N-dealkylation sites (N-methyl/N-ethyl adjacent to an activating group) is 1. The van der Waals surface area contributed by atoms with Crippen LogP contribution in [0, 0.1) is 6.92 Å². The molecule has 2 aliphatic heterocycles. The first-order chi connectivity index (χ1) is 19.8. The van der Waals surface area contributed by atoms with Crippen LogP contribution in [-0.4, -0.2) is 76.6 Å². The number of hydrogen-bond acceptors (Lipinski definition) is 7. The van der Waals surface area contributed by atoms with Crippen LogP contribution in [0.1, 0.15) is 24.9 Å². The molecule has 1 N–H and O–H groups in total. The fraction of sp³-hybridized carbons (Fsp3) is 0.355. The Balaban J connectivity index is 1.38. The first kappa shape index (κ1) is 27.2. The standard InChI is InChI=1S/C31H34ClN7O2/c1-20-16-23(8-9-28(20)37-14-12-36(3)13-15-37)34-31-33-18-22-17-26(25-6-4-5-7-27(25)32)30(41)39(29(22)35-31)24-10-11-38(19-24)21(2)40/h4-9,16-18,24H,10-15,19H2,1-3H3,(H,33,34,35)/t24-/m0/s1. The molecule has 9 nitrogen and oxygen atoms in total. The van der Waals surface area contributed by atoms with Crippen LogP contribution in [0.5, 0.6) is 0 Å². The molecule has 4 aromatic rings. The normalized spacial score (nSPS) is 17.8. The molecule has 2 aromatic carbocycles. The molecule has 2 saturated heterocycles. The van der Waals surface area contributed by atoms with Gasteiger partial charge in [0.2, 0.25) is 11.9 Å². The molecular weight excluding hydrogens is 538 g/mol. The zero-order valence-corrected chi connectivity index (χ0v) is 24.4. The Morgan fingerprint density at radius 1 is 1.02 bits per heavy atom. The van der Waals surface area contributed by atoms with Crippen LogP contribution in [0.25, 0.3) is 22.2 Å². The van der Waals surface area contributed by atoms with Crippen LogP contribution < -0.4 is 15.8 Å². The molecule has 2 fully saturated rings. The molecule has 212 valence electrons. The summed E-state index contributed by atoms with van der Waals surface area (Å²) >= 11 is 6.51. The first-order valence-electron chi connectivity index (χ1n) is 14.0. The predicted octanol–water partition coefficient (Wildman–Crippen LogP) is 4.71. The van der Waals surface area contributed by atoms with E-state index in [1.54, 1.807) is 28.7 Å². The van der Waals surface area contributed by atoms with E-state index in [0.717, 1.165) is 37.3 Å². The maximum absolute atomic E-state index is 14.0. The second kappa shape index (κ2) is 11.1. The number of hydrogen-bond donors (Lipinski definition) is 1. The fourth-order valence-corrected chi connectivity index (χ4v) is 6.13. The number of rotatable bonds is 5. The number of aromatic nitrogens is 3. The molecule has 10 heteroatoms. The molecule has 41 heavy (non-hydrogen) atoms. The summed E-state index contributed by atoms with van der Waals surface area (Å²) in [6.07, 6.45) is 2.41. The van der Waals surface area contributed by atoms with Gasteiger partial charge in [-0.1, -0.05) is 29.8 Å². The quantitative estimate of drug-likeness (QED) is 0.371. The summed E-state index contributed by atoms with van der Waals surface area (Å²) in [4.78, 5) is 42.1. The number of carbonyl (C=O) groups is 1. The minimum Gasteiger partial charge on any atom is -0.369 e. The molecule has 0 saturated carbocycles. The third kappa shape index (κ3) is 5.39. The summed E-state index contributed by atoms with van der Waals surface area (Å²) < 4.78 is 1.73. The van der Waals surface area contributed by atoms with Crippen molar-refractivity contribution < 1.29 is 4.79 Å². The van der Waals surface area contributed by atoms with Crippen molar-refractivity contribution in [1.29, 1.82) is 0 Å². The summed E-state index contributed by atoms with van der Waals surface area (Å²) in [7, 11) is 2.16. The lowest BCUT2D eigenvalue weighted by Gasteiger charge is -2.35. The Labute approximate surface area is 244 Å². The Morgan fingerprint density at radius 2 is 1.80 bits per heavy atom. The molecule has 0 unspecified atom stereocenters. The fourth-order valence-electron chi connectivity index (χ4n) is 5.89. The lowest BCUT2D eigenvalue weighted by Crippen LogP contribution is -2.44. The number of benzene rings is 2. The van der Waals surface area contributed by atoms with Crippen LogP contribution in [0.3, 0.4) is 0 Å². The van der Waals surface area contributed by atoms with Gasteiger partial charge in [-0.25, -0.2) is 4.98 Å². The van der Waals surface area contributed by atoms with Crippen molar-refractivity contribution in [3.8, 4) is 11.1 Å². The van der Waals surface area contributed by atoms with E-state index < -0.39 is 0 Å². The van der Waals surface area contributed by atoms with Crippen LogP contribution in [0.2, 0.25) is 5.02 Å². The second-order valence-corrected chi connectivity index (χ2v) is 11.4. The highest BCUT2D eigenvalue weighted by Crippen LogP contribution is 2.31. The van der Waals surface area contributed by atoms with Crippen molar-refractivity contribution in [2.75, 3.05) is 56.5 Å². The van der Waals surface area contributed by atoms with Gasteiger partial charge in [-0.3, -0.25) is 14.2 Å². The van der Waals surface area contributed by atoms with Gasteiger partial charge in [0.1, 0.15) is 5.65 Å². The Morgan fingerprint density at radius 3 is 2.51 bits per heavy atom. The van der Waals surface area contributed by atoms with Crippen molar-refractivity contribution in [3.05, 3.63) is 75.7 Å². The van der Waals surface area contributed by atoms with Gasteiger partial charge >= 0.3 is 0 Å². The monoisotopic (exact) mass is 571 g/mol. The predicted molar refractivity (Wildman–Crippen MR) is 164 cm³/mol. The Bertz CT molecular complexity index is 1680. The molecule has 1 atom stereocenters. The number of likely N-dealkylation sites (tertiary alicyclic amines) is 1. The lowest BCUT2D eigenvalue weighted by molar-refractivity contribution is -0.127. The van der Waals surface area contributed by atoms with E-state index in [4.69, 9.17) is 16.6 Å². The van der Waals surface area contributed by atoms with Crippen molar-refractivity contribution >= 4 is 45.9 Å². The van der Waals surface area contributed by atoms with Gasteiger partial charge in [0.05, 0.1) is 6.04 Å². The first-order valence-corrected chi connectivity index (χ1v) is 14.4. The number of aryl methyl sites for hydroxylation is 1. The highest BCUT2D eigenvalue weighted by atomic mass is 35.5.